The number of halogens is 3. The summed E-state index contributed by atoms with van der Waals surface area (Å²) in [5.74, 6) is 0.193. The molecular formula is C22H19F3N4OS. The van der Waals surface area contributed by atoms with E-state index in [1.165, 1.54) is 30.1 Å². The van der Waals surface area contributed by atoms with Crippen LogP contribution in [-0.4, -0.2) is 22.1 Å². The minimum Gasteiger partial charge on any atom is -0.267 e. The Balaban J connectivity index is 1.56. The highest BCUT2D eigenvalue weighted by Crippen LogP contribution is 2.29. The van der Waals surface area contributed by atoms with E-state index in [0.29, 0.717) is 16.5 Å². The third-order valence-electron chi connectivity index (χ3n) is 4.14. The van der Waals surface area contributed by atoms with Crippen LogP contribution in [-0.2, 0) is 11.9 Å². The average molecular weight is 444 g/mol. The number of rotatable bonds is 6. The van der Waals surface area contributed by atoms with Crippen molar-refractivity contribution in [1.29, 1.82) is 0 Å². The molecule has 0 fully saturated rings. The van der Waals surface area contributed by atoms with E-state index in [1.54, 1.807) is 12.1 Å². The van der Waals surface area contributed by atoms with Crippen molar-refractivity contribution in [2.24, 2.45) is 5.10 Å². The van der Waals surface area contributed by atoms with Crippen LogP contribution < -0.4 is 5.43 Å². The first-order valence-corrected chi connectivity index (χ1v) is 10.2. The van der Waals surface area contributed by atoms with E-state index in [0.717, 1.165) is 29.1 Å². The van der Waals surface area contributed by atoms with Gasteiger partial charge in [0.15, 0.2) is 5.16 Å². The molecule has 0 aliphatic rings. The number of hydrogen-bond acceptors (Lipinski definition) is 5. The van der Waals surface area contributed by atoms with E-state index < -0.39 is 17.6 Å². The average Bonchev–Trinajstić information content (AvgIpc) is 2.71. The van der Waals surface area contributed by atoms with Crippen LogP contribution in [0.15, 0.2) is 64.9 Å². The number of nitrogens with zero attached hydrogens (tertiary/aromatic N) is 3. The van der Waals surface area contributed by atoms with Crippen molar-refractivity contribution < 1.29 is 18.0 Å². The number of alkyl halides is 3. The molecule has 0 atom stereocenters. The Morgan fingerprint density at radius 1 is 1.06 bits per heavy atom. The van der Waals surface area contributed by atoms with Gasteiger partial charge in [-0.2, -0.15) is 18.3 Å². The fourth-order valence-corrected chi connectivity index (χ4v) is 3.59. The van der Waals surface area contributed by atoms with Crippen LogP contribution in [0.25, 0.3) is 0 Å². The molecule has 0 aliphatic carbocycles. The number of amides is 1. The van der Waals surface area contributed by atoms with Crippen molar-refractivity contribution in [3.05, 3.63) is 88.2 Å². The number of aromatic nitrogens is 2. The second-order valence-corrected chi connectivity index (χ2v) is 7.68. The van der Waals surface area contributed by atoms with E-state index in [-0.39, 0.29) is 5.56 Å². The van der Waals surface area contributed by atoms with Gasteiger partial charge >= 0.3 is 6.18 Å². The Morgan fingerprint density at radius 3 is 2.39 bits per heavy atom. The molecule has 1 N–H and O–H groups in total. The standard InChI is InChI=1S/C22H19F3N4OS/c1-14-10-15(2)28-21(27-14)31-13-16-6-8-18(9-7-16)20(30)29-26-12-17-4-3-5-19(11-17)22(23,24)25/h3-12H,13H2,1-2H3,(H,29,30)/b26-12+. The highest BCUT2D eigenvalue weighted by Gasteiger charge is 2.30. The van der Waals surface area contributed by atoms with Crippen LogP contribution in [0.5, 0.6) is 0 Å². The molecule has 5 nitrogen and oxygen atoms in total. The zero-order valence-corrected chi connectivity index (χ0v) is 17.6. The number of hydrogen-bond donors (Lipinski definition) is 1. The minimum atomic E-state index is -4.43. The monoisotopic (exact) mass is 444 g/mol. The number of hydrazone groups is 1. The number of thioether (sulfide) groups is 1. The maximum absolute atomic E-state index is 12.7. The number of nitrogens with one attached hydrogen (secondary N) is 1. The van der Waals surface area contributed by atoms with Gasteiger partial charge in [0.25, 0.3) is 5.91 Å². The SMILES string of the molecule is Cc1cc(C)nc(SCc2ccc(C(=O)N/N=C/c3cccc(C(F)(F)F)c3)cc2)n1. The van der Waals surface area contributed by atoms with Crippen LogP contribution in [0.4, 0.5) is 13.2 Å². The lowest BCUT2D eigenvalue weighted by atomic mass is 10.1. The molecule has 160 valence electrons. The highest BCUT2D eigenvalue weighted by atomic mass is 32.2. The van der Waals surface area contributed by atoms with Gasteiger partial charge in [-0.25, -0.2) is 15.4 Å². The van der Waals surface area contributed by atoms with Gasteiger partial charge in [-0.1, -0.05) is 36.0 Å². The van der Waals surface area contributed by atoms with Crippen LogP contribution in [0.2, 0.25) is 0 Å². The fraction of sp³-hybridized carbons (Fsp3) is 0.182. The van der Waals surface area contributed by atoms with E-state index >= 15 is 0 Å². The van der Waals surface area contributed by atoms with Crippen molar-refractivity contribution in [3.8, 4) is 0 Å². The van der Waals surface area contributed by atoms with E-state index in [1.807, 2.05) is 32.0 Å². The summed E-state index contributed by atoms with van der Waals surface area (Å²) in [7, 11) is 0. The molecule has 0 spiro atoms. The van der Waals surface area contributed by atoms with Gasteiger partial charge in [0, 0.05) is 22.7 Å². The predicted molar refractivity (Wildman–Crippen MR) is 114 cm³/mol. The molecule has 31 heavy (non-hydrogen) atoms. The van der Waals surface area contributed by atoms with E-state index in [2.05, 4.69) is 20.5 Å². The Morgan fingerprint density at radius 2 is 1.74 bits per heavy atom. The molecule has 3 rings (SSSR count). The van der Waals surface area contributed by atoms with Crippen molar-refractivity contribution in [3.63, 3.8) is 0 Å². The smallest absolute Gasteiger partial charge is 0.267 e. The number of carbonyl (C=O) groups excluding carboxylic acids is 1. The Bertz CT molecular complexity index is 1080. The predicted octanol–water partition coefficient (Wildman–Crippen LogP) is 5.17. The molecule has 9 heteroatoms. The van der Waals surface area contributed by atoms with Crippen molar-refractivity contribution in [2.75, 3.05) is 0 Å². The van der Waals surface area contributed by atoms with Gasteiger partial charge in [-0.3, -0.25) is 4.79 Å². The molecule has 1 heterocycles. The largest absolute Gasteiger partial charge is 0.416 e. The third-order valence-corrected chi connectivity index (χ3v) is 5.06. The summed E-state index contributed by atoms with van der Waals surface area (Å²) in [6.07, 6.45) is -3.26. The first kappa shape index (κ1) is 22.5. The van der Waals surface area contributed by atoms with Crippen LogP contribution in [0, 0.1) is 13.8 Å². The summed E-state index contributed by atoms with van der Waals surface area (Å²) in [6, 6.07) is 13.6. The van der Waals surface area contributed by atoms with Gasteiger partial charge in [0.2, 0.25) is 0 Å². The molecule has 3 aromatic rings. The maximum Gasteiger partial charge on any atom is 0.416 e. The number of carbonyl (C=O) groups is 1. The molecule has 0 saturated carbocycles. The molecular weight excluding hydrogens is 425 g/mol. The molecule has 0 bridgehead atoms. The topological polar surface area (TPSA) is 67.2 Å². The third kappa shape index (κ3) is 6.65. The van der Waals surface area contributed by atoms with Gasteiger partial charge in [0.1, 0.15) is 0 Å². The first-order valence-electron chi connectivity index (χ1n) is 9.25. The molecule has 1 aromatic heterocycles. The second-order valence-electron chi connectivity index (χ2n) is 6.74. The molecule has 1 amide bonds. The van der Waals surface area contributed by atoms with Crippen LogP contribution >= 0.6 is 11.8 Å². The molecule has 0 aliphatic heterocycles. The van der Waals surface area contributed by atoms with Crippen molar-refractivity contribution in [1.82, 2.24) is 15.4 Å². The summed E-state index contributed by atoms with van der Waals surface area (Å²) >= 11 is 1.50. The Hall–Kier alpha value is -3.20. The number of benzene rings is 2. The van der Waals surface area contributed by atoms with Crippen LogP contribution in [0.3, 0.4) is 0 Å². The lowest BCUT2D eigenvalue weighted by molar-refractivity contribution is -0.137. The summed E-state index contributed by atoms with van der Waals surface area (Å²) < 4.78 is 38.2. The Kier molecular flexibility index (Phi) is 7.06. The molecule has 0 radical (unpaired) electrons. The zero-order chi connectivity index (χ0) is 22.4. The minimum absolute atomic E-state index is 0.233. The fourth-order valence-electron chi connectivity index (χ4n) is 2.68. The summed E-state index contributed by atoms with van der Waals surface area (Å²) in [4.78, 5) is 21.0. The van der Waals surface area contributed by atoms with Crippen LogP contribution in [0.1, 0.15) is 38.4 Å². The second kappa shape index (κ2) is 9.74. The van der Waals surface area contributed by atoms with E-state index in [9.17, 15) is 18.0 Å². The molecule has 0 unspecified atom stereocenters. The Labute approximate surface area is 181 Å². The molecule has 2 aromatic carbocycles. The zero-order valence-electron chi connectivity index (χ0n) is 16.8. The lowest BCUT2D eigenvalue weighted by Crippen LogP contribution is -2.17. The van der Waals surface area contributed by atoms with Gasteiger partial charge in [-0.05, 0) is 55.3 Å². The normalized spacial score (nSPS) is 11.6. The lowest BCUT2D eigenvalue weighted by Gasteiger charge is -2.06. The highest BCUT2D eigenvalue weighted by molar-refractivity contribution is 7.98. The maximum atomic E-state index is 12.7. The number of aryl methyl sites for hydroxylation is 2. The summed E-state index contributed by atoms with van der Waals surface area (Å²) in [5, 5.41) is 4.44. The van der Waals surface area contributed by atoms with Crippen molar-refractivity contribution in [2.45, 2.75) is 30.9 Å². The summed E-state index contributed by atoms with van der Waals surface area (Å²) in [5.41, 5.74) is 4.98. The molecule has 0 saturated heterocycles. The van der Waals surface area contributed by atoms with Gasteiger partial charge in [0.05, 0.1) is 11.8 Å². The van der Waals surface area contributed by atoms with Gasteiger partial charge in [-0.15, -0.1) is 0 Å². The van der Waals surface area contributed by atoms with Crippen molar-refractivity contribution >= 4 is 23.9 Å². The van der Waals surface area contributed by atoms with Gasteiger partial charge < -0.3 is 0 Å². The quantitative estimate of drug-likeness (QED) is 0.247. The first-order chi connectivity index (χ1) is 14.7. The summed E-state index contributed by atoms with van der Waals surface area (Å²) in [6.45, 7) is 3.84. The van der Waals surface area contributed by atoms with E-state index in [4.69, 9.17) is 0 Å².